The zero-order chi connectivity index (χ0) is 15.2. The van der Waals surface area contributed by atoms with Crippen LogP contribution in [0.15, 0.2) is 0 Å². The van der Waals surface area contributed by atoms with Crippen LogP contribution in [0.1, 0.15) is 32.6 Å². The Morgan fingerprint density at radius 2 is 2.15 bits per heavy atom. The lowest BCUT2D eigenvalue weighted by Gasteiger charge is -2.21. The molecule has 1 saturated heterocycles. The van der Waals surface area contributed by atoms with Crippen molar-refractivity contribution in [2.24, 2.45) is 11.8 Å². The minimum absolute atomic E-state index is 0.0433. The number of aliphatic hydroxyl groups is 1. The van der Waals surface area contributed by atoms with E-state index in [4.69, 9.17) is 4.74 Å². The van der Waals surface area contributed by atoms with Crippen molar-refractivity contribution in [1.29, 1.82) is 0 Å². The fourth-order valence-corrected chi connectivity index (χ4v) is 4.34. The largest absolute Gasteiger partial charge is 0.481 e. The molecule has 0 amide bonds. The van der Waals surface area contributed by atoms with E-state index in [9.17, 15) is 23.4 Å². The van der Waals surface area contributed by atoms with E-state index >= 15 is 0 Å². The van der Waals surface area contributed by atoms with Gasteiger partial charge in [0.1, 0.15) is 0 Å². The van der Waals surface area contributed by atoms with Gasteiger partial charge in [-0.05, 0) is 25.2 Å². The first-order valence-corrected chi connectivity index (χ1v) is 8.87. The third-order valence-corrected chi connectivity index (χ3v) is 5.43. The van der Waals surface area contributed by atoms with E-state index in [0.29, 0.717) is 13.0 Å². The van der Waals surface area contributed by atoms with Crippen LogP contribution < -0.4 is 0 Å². The molecule has 0 spiro atoms. The van der Waals surface area contributed by atoms with Gasteiger partial charge in [0.25, 0.3) is 0 Å². The molecule has 118 valence electrons. The second-order valence-electron chi connectivity index (χ2n) is 5.43. The number of ether oxygens (including phenoxy) is 1. The molecule has 0 bridgehead atoms. The Hall–Kier alpha value is -0.660. The van der Waals surface area contributed by atoms with Gasteiger partial charge in [-0.3, -0.25) is 4.79 Å². The average Bonchev–Trinajstić information content (AvgIpc) is 2.71. The summed E-state index contributed by atoms with van der Waals surface area (Å²) < 4.78 is 28.1. The first-order chi connectivity index (χ1) is 9.35. The van der Waals surface area contributed by atoms with Crippen molar-refractivity contribution < 1.29 is 28.2 Å². The number of carboxylic acid groups (broad SMARTS) is 1. The molecule has 0 aromatic heterocycles. The Kier molecular flexibility index (Phi) is 6.91. The molecule has 0 aromatic rings. The molecule has 3 unspecified atom stereocenters. The van der Waals surface area contributed by atoms with Gasteiger partial charge in [-0.25, -0.2) is 8.42 Å². The van der Waals surface area contributed by atoms with E-state index in [-0.39, 0.29) is 24.5 Å². The summed E-state index contributed by atoms with van der Waals surface area (Å²) in [6.45, 7) is 2.67. The summed E-state index contributed by atoms with van der Waals surface area (Å²) in [6, 6.07) is 0. The van der Waals surface area contributed by atoms with Gasteiger partial charge >= 0.3 is 5.97 Å². The fourth-order valence-electron chi connectivity index (χ4n) is 2.46. The number of aliphatic carboxylic acids is 1. The van der Waals surface area contributed by atoms with Gasteiger partial charge in [0.05, 0.1) is 30.1 Å². The number of rotatable bonds is 9. The second kappa shape index (κ2) is 7.95. The molecule has 1 fully saturated rings. The molecule has 1 aliphatic rings. The molecule has 0 radical (unpaired) electrons. The van der Waals surface area contributed by atoms with Crippen molar-refractivity contribution in [3.05, 3.63) is 0 Å². The SMILES string of the molecule is CCCCOCC(O)CC(C(=O)O)C1CCS(=O)(=O)C1. The molecule has 7 heteroatoms. The third kappa shape index (κ3) is 5.76. The van der Waals surface area contributed by atoms with Crippen LogP contribution in [0.3, 0.4) is 0 Å². The highest BCUT2D eigenvalue weighted by Crippen LogP contribution is 2.29. The molecule has 0 aromatic carbocycles. The summed E-state index contributed by atoms with van der Waals surface area (Å²) in [4.78, 5) is 11.3. The highest BCUT2D eigenvalue weighted by molar-refractivity contribution is 7.91. The summed E-state index contributed by atoms with van der Waals surface area (Å²) in [5.74, 6) is -2.31. The van der Waals surface area contributed by atoms with Crippen molar-refractivity contribution >= 4 is 15.8 Å². The predicted octanol–water partition coefficient (Wildman–Crippen LogP) is 0.690. The molecule has 0 aliphatic carbocycles. The van der Waals surface area contributed by atoms with Crippen molar-refractivity contribution in [3.63, 3.8) is 0 Å². The average molecular weight is 308 g/mol. The van der Waals surface area contributed by atoms with Crippen LogP contribution in [0.5, 0.6) is 0 Å². The van der Waals surface area contributed by atoms with Crippen LogP contribution in [0.25, 0.3) is 0 Å². The maximum atomic E-state index is 11.4. The smallest absolute Gasteiger partial charge is 0.306 e. The van der Waals surface area contributed by atoms with Crippen LogP contribution in [0.2, 0.25) is 0 Å². The van der Waals surface area contributed by atoms with Gasteiger partial charge in [0.2, 0.25) is 0 Å². The number of carbonyl (C=O) groups is 1. The molecule has 2 N–H and O–H groups in total. The van der Waals surface area contributed by atoms with Gasteiger partial charge in [-0.15, -0.1) is 0 Å². The van der Waals surface area contributed by atoms with Crippen molar-refractivity contribution in [3.8, 4) is 0 Å². The van der Waals surface area contributed by atoms with Crippen molar-refractivity contribution in [1.82, 2.24) is 0 Å². The zero-order valence-electron chi connectivity index (χ0n) is 11.8. The number of unbranched alkanes of at least 4 members (excludes halogenated alkanes) is 1. The molecular weight excluding hydrogens is 284 g/mol. The van der Waals surface area contributed by atoms with Crippen molar-refractivity contribution in [2.75, 3.05) is 24.7 Å². The monoisotopic (exact) mass is 308 g/mol. The Bertz CT molecular complexity index is 405. The van der Waals surface area contributed by atoms with Gasteiger partial charge in [-0.2, -0.15) is 0 Å². The standard InChI is InChI=1S/C13H24O6S/c1-2-3-5-19-8-11(14)7-12(13(15)16)10-4-6-20(17,18)9-10/h10-12,14H,2-9H2,1H3,(H,15,16). The molecule has 0 saturated carbocycles. The maximum Gasteiger partial charge on any atom is 0.306 e. The Morgan fingerprint density at radius 1 is 1.45 bits per heavy atom. The van der Waals surface area contributed by atoms with Gasteiger partial charge in [0.15, 0.2) is 9.84 Å². The van der Waals surface area contributed by atoms with E-state index in [0.717, 1.165) is 12.8 Å². The maximum absolute atomic E-state index is 11.4. The first-order valence-electron chi connectivity index (χ1n) is 7.04. The Morgan fingerprint density at radius 3 is 2.65 bits per heavy atom. The highest BCUT2D eigenvalue weighted by atomic mass is 32.2. The Labute approximate surface area is 120 Å². The molecular formula is C13H24O6S. The zero-order valence-corrected chi connectivity index (χ0v) is 12.6. The molecule has 1 aliphatic heterocycles. The van der Waals surface area contributed by atoms with Crippen molar-refractivity contribution in [2.45, 2.75) is 38.7 Å². The molecule has 20 heavy (non-hydrogen) atoms. The van der Waals surface area contributed by atoms with Crippen LogP contribution in [0.4, 0.5) is 0 Å². The number of hydrogen-bond donors (Lipinski definition) is 2. The minimum Gasteiger partial charge on any atom is -0.481 e. The summed E-state index contributed by atoms with van der Waals surface area (Å²) >= 11 is 0. The summed E-state index contributed by atoms with van der Waals surface area (Å²) in [5.41, 5.74) is 0. The number of aliphatic hydroxyl groups excluding tert-OH is 1. The summed E-state index contributed by atoms with van der Waals surface area (Å²) in [7, 11) is -3.11. The highest BCUT2D eigenvalue weighted by Gasteiger charge is 2.38. The van der Waals surface area contributed by atoms with Gasteiger partial charge < -0.3 is 14.9 Å². The topological polar surface area (TPSA) is 101 Å². The minimum atomic E-state index is -3.11. The van der Waals surface area contributed by atoms with Crippen LogP contribution in [-0.2, 0) is 19.4 Å². The van der Waals surface area contributed by atoms with Crippen LogP contribution in [-0.4, -0.2) is 55.4 Å². The van der Waals surface area contributed by atoms with Crippen LogP contribution in [0, 0.1) is 11.8 Å². The lowest BCUT2D eigenvalue weighted by Crippen LogP contribution is -2.30. The van der Waals surface area contributed by atoms with E-state index in [1.807, 2.05) is 6.92 Å². The lowest BCUT2D eigenvalue weighted by atomic mass is 9.87. The normalized spacial score (nSPS) is 24.4. The molecule has 1 heterocycles. The first kappa shape index (κ1) is 17.4. The fraction of sp³-hybridized carbons (Fsp3) is 0.923. The third-order valence-electron chi connectivity index (χ3n) is 3.63. The summed E-state index contributed by atoms with van der Waals surface area (Å²) in [5, 5.41) is 19.0. The Balaban J connectivity index is 2.45. The quantitative estimate of drug-likeness (QED) is 0.608. The van der Waals surface area contributed by atoms with Gasteiger partial charge in [-0.1, -0.05) is 13.3 Å². The molecule has 1 rings (SSSR count). The van der Waals surface area contributed by atoms with Gasteiger partial charge in [0, 0.05) is 6.61 Å². The molecule has 6 nitrogen and oxygen atoms in total. The lowest BCUT2D eigenvalue weighted by molar-refractivity contribution is -0.145. The summed E-state index contributed by atoms with van der Waals surface area (Å²) in [6.07, 6.45) is 1.44. The predicted molar refractivity (Wildman–Crippen MR) is 74.2 cm³/mol. The number of carboxylic acids is 1. The van der Waals surface area contributed by atoms with Crippen LogP contribution >= 0.6 is 0 Å². The number of hydrogen-bond acceptors (Lipinski definition) is 5. The number of sulfone groups is 1. The molecule has 3 atom stereocenters. The van der Waals surface area contributed by atoms with E-state index in [1.54, 1.807) is 0 Å². The van der Waals surface area contributed by atoms with E-state index in [1.165, 1.54) is 0 Å². The van der Waals surface area contributed by atoms with E-state index < -0.39 is 33.7 Å². The second-order valence-corrected chi connectivity index (χ2v) is 7.65. The van der Waals surface area contributed by atoms with E-state index in [2.05, 4.69) is 0 Å².